The number of nitrogens with zero attached hydrogens (tertiary/aromatic N) is 4. The van der Waals surface area contributed by atoms with E-state index in [2.05, 4.69) is 45.0 Å². The quantitative estimate of drug-likeness (QED) is 0.634. The Labute approximate surface area is 147 Å². The van der Waals surface area contributed by atoms with Crippen LogP contribution in [0.25, 0.3) is 11.0 Å². The van der Waals surface area contributed by atoms with Crippen molar-refractivity contribution in [3.8, 4) is 0 Å². The molecule has 1 aromatic heterocycles. The number of aromatic nitrogens is 3. The van der Waals surface area contributed by atoms with Gasteiger partial charge in [-0.3, -0.25) is 4.99 Å². The summed E-state index contributed by atoms with van der Waals surface area (Å²) in [5, 5.41) is 8.16. The molecule has 0 unspecified atom stereocenters. The van der Waals surface area contributed by atoms with Crippen LogP contribution in [0.1, 0.15) is 30.8 Å². The second-order valence-electron chi connectivity index (χ2n) is 6.46. The molecule has 0 bridgehead atoms. The monoisotopic (exact) mass is 384 g/mol. The fraction of sp³-hybridized carbons (Fsp3) is 0.222. The van der Waals surface area contributed by atoms with Gasteiger partial charge in [-0.1, -0.05) is 34.1 Å². The van der Waals surface area contributed by atoms with Crippen LogP contribution in [0.5, 0.6) is 0 Å². The van der Waals surface area contributed by atoms with Crippen LogP contribution >= 0.6 is 15.9 Å². The third-order valence-electron chi connectivity index (χ3n) is 4.05. The van der Waals surface area contributed by atoms with Crippen LogP contribution in [0.4, 0.5) is 4.39 Å². The summed E-state index contributed by atoms with van der Waals surface area (Å²) in [7, 11) is 0. The molecule has 0 radical (unpaired) electrons. The molecule has 3 aromatic rings. The summed E-state index contributed by atoms with van der Waals surface area (Å²) in [6.07, 6.45) is 0.822. The van der Waals surface area contributed by atoms with Crippen LogP contribution in [0.15, 0.2) is 45.9 Å². The Bertz CT molecular complexity index is 997. The van der Waals surface area contributed by atoms with Gasteiger partial charge in [0.2, 0.25) is 5.82 Å². The fourth-order valence-electron chi connectivity index (χ4n) is 2.99. The molecule has 1 aliphatic heterocycles. The number of fused-ring (bicyclic) bond motifs is 2. The zero-order chi connectivity index (χ0) is 16.9. The summed E-state index contributed by atoms with van der Waals surface area (Å²) < 4.78 is 14.8. The van der Waals surface area contributed by atoms with E-state index >= 15 is 0 Å². The maximum absolute atomic E-state index is 13.8. The van der Waals surface area contributed by atoms with Crippen molar-refractivity contribution in [2.75, 3.05) is 0 Å². The topological polar surface area (TPSA) is 51.0 Å². The molecule has 0 aliphatic carbocycles. The Hall–Kier alpha value is -2.21. The smallest absolute Gasteiger partial charge is 0.201 e. The third kappa shape index (κ3) is 2.51. The lowest BCUT2D eigenvalue weighted by molar-refractivity contribution is 0.511. The molecule has 0 amide bonds. The van der Waals surface area contributed by atoms with E-state index in [0.29, 0.717) is 17.1 Å². The Morgan fingerprint density at radius 1 is 1.08 bits per heavy atom. The first-order valence-corrected chi connectivity index (χ1v) is 8.41. The number of rotatable bonds is 1. The molecule has 24 heavy (non-hydrogen) atoms. The normalized spacial score (nSPS) is 15.9. The Morgan fingerprint density at radius 2 is 1.88 bits per heavy atom. The minimum absolute atomic E-state index is 0.173. The van der Waals surface area contributed by atoms with Crippen LogP contribution in [-0.4, -0.2) is 26.4 Å². The minimum atomic E-state index is -0.423. The Balaban J connectivity index is 1.95. The standard InChI is InChI=1S/C18H14BrFN4/c1-18(2)9-11-10(5-3-6-12(11)19)15(22-18)17-21-14-8-4-7-13(20)16(14)23-24-17/h3-8H,9H2,1-2H3. The first kappa shape index (κ1) is 15.3. The molecular formula is C18H14BrFN4. The van der Waals surface area contributed by atoms with Crippen molar-refractivity contribution >= 4 is 32.7 Å². The lowest BCUT2D eigenvalue weighted by atomic mass is 9.86. The van der Waals surface area contributed by atoms with Gasteiger partial charge in [-0.25, -0.2) is 9.37 Å². The first-order valence-electron chi connectivity index (χ1n) is 7.61. The third-order valence-corrected chi connectivity index (χ3v) is 4.79. The number of hydrogen-bond donors (Lipinski definition) is 0. The zero-order valence-electron chi connectivity index (χ0n) is 13.2. The molecule has 0 N–H and O–H groups in total. The van der Waals surface area contributed by atoms with Gasteiger partial charge in [0.25, 0.3) is 0 Å². The van der Waals surface area contributed by atoms with Gasteiger partial charge in [0.05, 0.1) is 11.1 Å². The highest BCUT2D eigenvalue weighted by Gasteiger charge is 2.30. The molecule has 0 saturated heterocycles. The first-order chi connectivity index (χ1) is 11.4. The van der Waals surface area contributed by atoms with Gasteiger partial charge < -0.3 is 0 Å². The van der Waals surface area contributed by atoms with Gasteiger partial charge in [-0.15, -0.1) is 10.2 Å². The summed E-state index contributed by atoms with van der Waals surface area (Å²) >= 11 is 3.62. The summed E-state index contributed by atoms with van der Waals surface area (Å²) in [5.41, 5.74) is 3.24. The Kier molecular flexibility index (Phi) is 3.46. The fourth-order valence-corrected chi connectivity index (χ4v) is 3.50. The van der Waals surface area contributed by atoms with Crippen molar-refractivity contribution in [2.45, 2.75) is 25.8 Å². The highest BCUT2D eigenvalue weighted by Crippen LogP contribution is 2.33. The van der Waals surface area contributed by atoms with Crippen LogP contribution in [0.2, 0.25) is 0 Å². The molecule has 120 valence electrons. The van der Waals surface area contributed by atoms with E-state index in [9.17, 15) is 4.39 Å². The van der Waals surface area contributed by atoms with Gasteiger partial charge in [-0.2, -0.15) is 0 Å². The number of aliphatic imine (C=N–C) groups is 1. The highest BCUT2D eigenvalue weighted by atomic mass is 79.9. The summed E-state index contributed by atoms with van der Waals surface area (Å²) in [6.45, 7) is 4.15. The SMILES string of the molecule is CC1(C)Cc2c(Br)cccc2C(c2nnc3c(F)cccc3n2)=N1. The largest absolute Gasteiger partial charge is 0.274 e. The second-order valence-corrected chi connectivity index (χ2v) is 7.31. The van der Waals surface area contributed by atoms with Gasteiger partial charge in [0, 0.05) is 10.0 Å². The molecule has 0 atom stereocenters. The maximum atomic E-state index is 13.8. The van der Waals surface area contributed by atoms with E-state index < -0.39 is 5.82 Å². The average Bonchev–Trinajstić information content (AvgIpc) is 2.54. The van der Waals surface area contributed by atoms with Gasteiger partial charge in [0.1, 0.15) is 11.2 Å². The average molecular weight is 385 g/mol. The predicted molar refractivity (Wildman–Crippen MR) is 94.9 cm³/mol. The Morgan fingerprint density at radius 3 is 2.71 bits per heavy atom. The predicted octanol–water partition coefficient (Wildman–Crippen LogP) is 4.10. The van der Waals surface area contributed by atoms with Gasteiger partial charge >= 0.3 is 0 Å². The van der Waals surface area contributed by atoms with Crippen molar-refractivity contribution in [1.82, 2.24) is 15.2 Å². The summed E-state index contributed by atoms with van der Waals surface area (Å²) in [6, 6.07) is 10.7. The van der Waals surface area contributed by atoms with Crippen LogP contribution in [-0.2, 0) is 6.42 Å². The van der Waals surface area contributed by atoms with Crippen LogP contribution < -0.4 is 0 Å². The molecule has 4 nitrogen and oxygen atoms in total. The zero-order valence-corrected chi connectivity index (χ0v) is 14.8. The van der Waals surface area contributed by atoms with Crippen molar-refractivity contribution < 1.29 is 4.39 Å². The van der Waals surface area contributed by atoms with E-state index in [1.54, 1.807) is 12.1 Å². The van der Waals surface area contributed by atoms with E-state index in [4.69, 9.17) is 4.99 Å². The molecule has 0 spiro atoms. The molecule has 1 aliphatic rings. The van der Waals surface area contributed by atoms with E-state index in [1.165, 1.54) is 11.6 Å². The number of hydrogen-bond acceptors (Lipinski definition) is 4. The lowest BCUT2D eigenvalue weighted by Crippen LogP contribution is -2.30. The van der Waals surface area contributed by atoms with Crippen molar-refractivity contribution in [1.29, 1.82) is 0 Å². The van der Waals surface area contributed by atoms with Crippen LogP contribution in [0.3, 0.4) is 0 Å². The van der Waals surface area contributed by atoms with Crippen molar-refractivity contribution in [3.05, 3.63) is 63.6 Å². The molecule has 4 rings (SSSR count). The molecule has 0 fully saturated rings. The highest BCUT2D eigenvalue weighted by molar-refractivity contribution is 9.10. The second kappa shape index (κ2) is 5.41. The number of benzene rings is 2. The lowest BCUT2D eigenvalue weighted by Gasteiger charge is -2.29. The maximum Gasteiger partial charge on any atom is 0.201 e. The van der Waals surface area contributed by atoms with Crippen molar-refractivity contribution in [2.24, 2.45) is 4.99 Å². The molecule has 2 aromatic carbocycles. The van der Waals surface area contributed by atoms with Crippen molar-refractivity contribution in [3.63, 3.8) is 0 Å². The molecule has 6 heteroatoms. The van der Waals surface area contributed by atoms with E-state index in [-0.39, 0.29) is 11.1 Å². The molecular weight excluding hydrogens is 371 g/mol. The van der Waals surface area contributed by atoms with Crippen LogP contribution in [0, 0.1) is 5.82 Å². The van der Waals surface area contributed by atoms with Gasteiger partial charge in [-0.05, 0) is 44.0 Å². The molecule has 0 saturated carbocycles. The van der Waals surface area contributed by atoms with E-state index in [1.807, 2.05) is 18.2 Å². The minimum Gasteiger partial charge on any atom is -0.274 e. The number of halogens is 2. The summed E-state index contributed by atoms with van der Waals surface area (Å²) in [4.78, 5) is 9.33. The van der Waals surface area contributed by atoms with Gasteiger partial charge in [0.15, 0.2) is 5.82 Å². The molecule has 2 heterocycles. The van der Waals surface area contributed by atoms with E-state index in [0.717, 1.165) is 16.5 Å². The summed E-state index contributed by atoms with van der Waals surface area (Å²) in [5.74, 6) is -0.00617.